The number of aromatic nitrogens is 1. The lowest BCUT2D eigenvalue weighted by molar-refractivity contribution is -0.116. The average molecular weight is 396 g/mol. The highest BCUT2D eigenvalue weighted by molar-refractivity contribution is 14.1. The van der Waals surface area contributed by atoms with Crippen LogP contribution in [0, 0.1) is 3.57 Å². The van der Waals surface area contributed by atoms with E-state index in [9.17, 15) is 9.59 Å². The lowest BCUT2D eigenvalue weighted by atomic mass is 10.1. The van der Waals surface area contributed by atoms with E-state index in [2.05, 4.69) is 10.3 Å². The van der Waals surface area contributed by atoms with Crippen LogP contribution >= 0.6 is 22.6 Å². The van der Waals surface area contributed by atoms with Crippen LogP contribution in [0.2, 0.25) is 0 Å². The van der Waals surface area contributed by atoms with Crippen molar-refractivity contribution in [2.75, 3.05) is 5.32 Å². The van der Waals surface area contributed by atoms with Gasteiger partial charge in [-0.1, -0.05) is 6.07 Å². The van der Waals surface area contributed by atoms with Gasteiger partial charge in [0, 0.05) is 21.9 Å². The van der Waals surface area contributed by atoms with Crippen LogP contribution in [0.5, 0.6) is 0 Å². The average Bonchev–Trinajstić information content (AvgIpc) is 2.48. The van der Waals surface area contributed by atoms with E-state index in [1.54, 1.807) is 18.3 Å². The highest BCUT2D eigenvalue weighted by Crippen LogP contribution is 2.19. The predicted molar refractivity (Wildman–Crippen MR) is 87.3 cm³/mol. The largest absolute Gasteiger partial charge is 0.478 e. The summed E-state index contributed by atoms with van der Waals surface area (Å²) >= 11 is 2.03. The lowest BCUT2D eigenvalue weighted by Crippen LogP contribution is -2.15. The molecule has 108 valence electrons. The van der Waals surface area contributed by atoms with Gasteiger partial charge in [-0.2, -0.15) is 0 Å². The van der Waals surface area contributed by atoms with Gasteiger partial charge in [-0.05, 0) is 59.3 Å². The zero-order valence-electron chi connectivity index (χ0n) is 11.0. The number of hydrogen-bond donors (Lipinski definition) is 2. The van der Waals surface area contributed by atoms with Crippen LogP contribution in [0.25, 0.3) is 0 Å². The number of rotatable bonds is 5. The second-order valence-electron chi connectivity index (χ2n) is 4.36. The number of carboxylic acid groups (broad SMARTS) is 1. The van der Waals surface area contributed by atoms with Gasteiger partial charge in [0.05, 0.1) is 11.3 Å². The summed E-state index contributed by atoms with van der Waals surface area (Å²) in [5.41, 5.74) is 1.23. The van der Waals surface area contributed by atoms with Crippen molar-refractivity contribution in [3.05, 3.63) is 57.4 Å². The molecule has 0 spiro atoms. The summed E-state index contributed by atoms with van der Waals surface area (Å²) in [6.07, 6.45) is 2.44. The molecule has 1 aromatic carbocycles. The minimum atomic E-state index is -1.06. The number of anilines is 1. The van der Waals surface area contributed by atoms with E-state index < -0.39 is 5.97 Å². The number of carbonyl (C=O) groups excluding carboxylic acids is 1. The van der Waals surface area contributed by atoms with Crippen LogP contribution in [-0.2, 0) is 11.2 Å². The molecule has 0 atom stereocenters. The van der Waals surface area contributed by atoms with Crippen LogP contribution in [0.3, 0.4) is 0 Å². The molecule has 1 heterocycles. The quantitative estimate of drug-likeness (QED) is 0.762. The predicted octanol–water partition coefficient (Wildman–Crippen LogP) is 2.96. The Morgan fingerprint density at radius 3 is 2.71 bits per heavy atom. The summed E-state index contributed by atoms with van der Waals surface area (Å²) in [4.78, 5) is 27.2. The van der Waals surface area contributed by atoms with Crippen molar-refractivity contribution in [1.29, 1.82) is 0 Å². The molecule has 6 heteroatoms. The number of nitrogens with zero attached hydrogens (tertiary/aromatic N) is 1. The van der Waals surface area contributed by atoms with Crippen molar-refractivity contribution in [3.8, 4) is 0 Å². The highest BCUT2D eigenvalue weighted by atomic mass is 127. The Morgan fingerprint density at radius 2 is 2.05 bits per heavy atom. The molecule has 0 aliphatic rings. The van der Waals surface area contributed by atoms with Gasteiger partial charge in [-0.15, -0.1) is 0 Å². The van der Waals surface area contributed by atoms with E-state index in [4.69, 9.17) is 5.11 Å². The summed E-state index contributed by atoms with van der Waals surface area (Å²) in [7, 11) is 0. The Morgan fingerprint density at radius 1 is 1.24 bits per heavy atom. The minimum Gasteiger partial charge on any atom is -0.478 e. The van der Waals surface area contributed by atoms with Gasteiger partial charge >= 0.3 is 5.97 Å². The number of halogens is 1. The van der Waals surface area contributed by atoms with Crippen molar-refractivity contribution in [1.82, 2.24) is 4.98 Å². The molecule has 5 nitrogen and oxygen atoms in total. The van der Waals surface area contributed by atoms with E-state index in [-0.39, 0.29) is 17.9 Å². The Bertz CT molecular complexity index is 659. The number of amides is 1. The van der Waals surface area contributed by atoms with E-state index in [1.165, 1.54) is 6.07 Å². The fourth-order valence-corrected chi connectivity index (χ4v) is 2.29. The fraction of sp³-hybridized carbons (Fsp3) is 0.133. The van der Waals surface area contributed by atoms with Crippen LogP contribution in [0.4, 0.5) is 5.69 Å². The summed E-state index contributed by atoms with van der Waals surface area (Å²) < 4.78 is 0.802. The number of nitrogens with one attached hydrogen (secondary N) is 1. The Balaban J connectivity index is 2.01. The third-order valence-corrected chi connectivity index (χ3v) is 3.49. The highest BCUT2D eigenvalue weighted by Gasteiger charge is 2.13. The Labute approximate surface area is 135 Å². The molecule has 0 saturated heterocycles. The first-order valence-corrected chi connectivity index (χ1v) is 7.37. The molecule has 2 rings (SSSR count). The van der Waals surface area contributed by atoms with Gasteiger partial charge in [0.15, 0.2) is 0 Å². The molecule has 0 fully saturated rings. The monoisotopic (exact) mass is 396 g/mol. The van der Waals surface area contributed by atoms with Gasteiger partial charge in [0.2, 0.25) is 5.91 Å². The molecule has 0 radical (unpaired) electrons. The van der Waals surface area contributed by atoms with Crippen LogP contribution in [-0.4, -0.2) is 22.0 Å². The second-order valence-corrected chi connectivity index (χ2v) is 5.61. The summed E-state index contributed by atoms with van der Waals surface area (Å²) in [5.74, 6) is -1.29. The molecule has 0 aliphatic heterocycles. The van der Waals surface area contributed by atoms with Crippen molar-refractivity contribution >= 4 is 40.2 Å². The number of benzene rings is 1. The smallest absolute Gasteiger partial charge is 0.337 e. The summed E-state index contributed by atoms with van der Waals surface area (Å²) in [6, 6.07) is 10.4. The van der Waals surface area contributed by atoms with Gasteiger partial charge in [-0.25, -0.2) is 4.79 Å². The third-order valence-electron chi connectivity index (χ3n) is 2.82. The van der Waals surface area contributed by atoms with Crippen molar-refractivity contribution in [2.45, 2.75) is 12.8 Å². The van der Waals surface area contributed by atoms with Crippen molar-refractivity contribution in [2.24, 2.45) is 0 Å². The molecule has 2 aromatic rings. The maximum Gasteiger partial charge on any atom is 0.337 e. The number of aryl methyl sites for hydroxylation is 1. The van der Waals surface area contributed by atoms with E-state index in [0.29, 0.717) is 12.1 Å². The van der Waals surface area contributed by atoms with Crippen LogP contribution in [0.15, 0.2) is 42.6 Å². The fourth-order valence-electron chi connectivity index (χ4n) is 1.80. The molecule has 1 amide bonds. The van der Waals surface area contributed by atoms with Crippen LogP contribution in [0.1, 0.15) is 22.5 Å². The van der Waals surface area contributed by atoms with Crippen molar-refractivity contribution in [3.63, 3.8) is 0 Å². The molecule has 2 N–H and O–H groups in total. The zero-order chi connectivity index (χ0) is 15.2. The van der Waals surface area contributed by atoms with Gasteiger partial charge in [0.25, 0.3) is 0 Å². The summed E-state index contributed by atoms with van der Waals surface area (Å²) in [6.45, 7) is 0. The molecular weight excluding hydrogens is 383 g/mol. The first-order valence-electron chi connectivity index (χ1n) is 6.29. The first kappa shape index (κ1) is 15.4. The molecule has 21 heavy (non-hydrogen) atoms. The Hall–Kier alpha value is -1.96. The lowest BCUT2D eigenvalue weighted by Gasteiger charge is -2.09. The first-order chi connectivity index (χ1) is 10.1. The number of carboxylic acids is 1. The van der Waals surface area contributed by atoms with E-state index in [1.807, 2.05) is 40.8 Å². The van der Waals surface area contributed by atoms with Gasteiger partial charge < -0.3 is 10.4 Å². The zero-order valence-corrected chi connectivity index (χ0v) is 13.2. The number of carbonyl (C=O) groups is 2. The Kier molecular flexibility index (Phi) is 5.26. The number of aromatic carboxylic acids is 1. The SMILES string of the molecule is O=C(CCc1ccccn1)Nc1ccc(I)cc1C(=O)O. The third kappa shape index (κ3) is 4.52. The number of pyridine rings is 1. The van der Waals surface area contributed by atoms with Crippen molar-refractivity contribution < 1.29 is 14.7 Å². The maximum absolute atomic E-state index is 11.9. The standard InChI is InChI=1S/C15H13IN2O3/c16-10-4-6-13(12(9-10)15(20)21)18-14(19)7-5-11-3-1-2-8-17-11/h1-4,6,8-9H,5,7H2,(H,18,19)(H,20,21). The maximum atomic E-state index is 11.9. The normalized spacial score (nSPS) is 10.1. The van der Waals surface area contributed by atoms with E-state index >= 15 is 0 Å². The second kappa shape index (κ2) is 7.16. The number of hydrogen-bond acceptors (Lipinski definition) is 3. The minimum absolute atomic E-state index is 0.0908. The topological polar surface area (TPSA) is 79.3 Å². The molecule has 0 unspecified atom stereocenters. The molecular formula is C15H13IN2O3. The molecule has 0 aliphatic carbocycles. The van der Waals surface area contributed by atoms with Gasteiger partial charge in [0.1, 0.15) is 0 Å². The van der Waals surface area contributed by atoms with Gasteiger partial charge in [-0.3, -0.25) is 9.78 Å². The van der Waals surface area contributed by atoms with E-state index in [0.717, 1.165) is 9.26 Å². The molecule has 0 bridgehead atoms. The molecule has 0 saturated carbocycles. The summed E-state index contributed by atoms with van der Waals surface area (Å²) in [5, 5.41) is 11.8. The van der Waals surface area contributed by atoms with Crippen LogP contribution < -0.4 is 5.32 Å². The molecule has 1 aromatic heterocycles.